The molecule has 33 heavy (non-hydrogen) atoms. The van der Waals surface area contributed by atoms with Crippen molar-refractivity contribution < 1.29 is 14.1 Å². The fourth-order valence-electron chi connectivity index (χ4n) is 4.59. The topological polar surface area (TPSA) is 58.8 Å². The second kappa shape index (κ2) is 11.1. The molecule has 0 saturated heterocycles. The normalized spacial score (nSPS) is 14.2. The molecule has 1 saturated carbocycles. The van der Waals surface area contributed by atoms with Gasteiger partial charge in [-0.2, -0.15) is 0 Å². The summed E-state index contributed by atoms with van der Waals surface area (Å²) in [5, 5.41) is 4.48. The zero-order valence-electron chi connectivity index (χ0n) is 19.6. The average molecular weight is 448 g/mol. The largest absolute Gasteiger partial charge is 0.383 e. The Kier molecular flexibility index (Phi) is 7.79. The number of rotatable bonds is 9. The Labute approximate surface area is 196 Å². The van der Waals surface area contributed by atoms with E-state index in [-0.39, 0.29) is 5.91 Å². The molecule has 3 aromatic rings. The highest BCUT2D eigenvalue weighted by Crippen LogP contribution is 2.35. The first kappa shape index (κ1) is 23.1. The number of hydrogen-bond acceptors (Lipinski definition) is 5. The Morgan fingerprint density at radius 3 is 2.36 bits per heavy atom. The lowest BCUT2D eigenvalue weighted by atomic mass is 9.94. The monoisotopic (exact) mass is 447 g/mol. The maximum atomic E-state index is 13.4. The van der Waals surface area contributed by atoms with Crippen LogP contribution in [0.25, 0.3) is 11.3 Å². The summed E-state index contributed by atoms with van der Waals surface area (Å²) < 4.78 is 11.3. The van der Waals surface area contributed by atoms with E-state index < -0.39 is 0 Å². The maximum absolute atomic E-state index is 13.4. The molecule has 4 rings (SSSR count). The van der Waals surface area contributed by atoms with E-state index in [1.165, 1.54) is 19.3 Å². The molecular formula is C27H33N3O3. The van der Waals surface area contributed by atoms with Gasteiger partial charge in [-0.3, -0.25) is 4.79 Å². The molecule has 1 heterocycles. The lowest BCUT2D eigenvalue weighted by Gasteiger charge is -2.32. The Balaban J connectivity index is 1.70. The third-order valence-electron chi connectivity index (χ3n) is 6.48. The predicted octanol–water partition coefficient (Wildman–Crippen LogP) is 5.40. The van der Waals surface area contributed by atoms with Crippen LogP contribution in [0, 0.1) is 0 Å². The van der Waals surface area contributed by atoms with Crippen LogP contribution in [-0.2, 0) is 11.3 Å². The van der Waals surface area contributed by atoms with Gasteiger partial charge in [0.15, 0.2) is 0 Å². The van der Waals surface area contributed by atoms with Crippen molar-refractivity contribution in [1.82, 2.24) is 10.1 Å². The molecule has 1 fully saturated rings. The van der Waals surface area contributed by atoms with Gasteiger partial charge in [-0.05, 0) is 25.0 Å². The van der Waals surface area contributed by atoms with E-state index in [0.717, 1.165) is 35.5 Å². The van der Waals surface area contributed by atoms with Gasteiger partial charge in [-0.25, -0.2) is 0 Å². The molecule has 0 unspecified atom stereocenters. The smallest absolute Gasteiger partial charge is 0.254 e. The number of carbonyl (C=O) groups is 1. The summed E-state index contributed by atoms with van der Waals surface area (Å²) in [5.41, 5.74) is 3.37. The van der Waals surface area contributed by atoms with Gasteiger partial charge in [0, 0.05) is 37.9 Å². The van der Waals surface area contributed by atoms with Crippen molar-refractivity contribution >= 4 is 11.8 Å². The standard InChI is InChI=1S/C27H33N3O3/c1-29(23-16-10-5-11-17-23)27-24(25(28-33-27)21-12-6-3-7-13-21)20-30(18-19-32-2)26(31)22-14-8-4-9-15-22/h3-4,6-9,12-15,23H,5,10-11,16-20H2,1-2H3. The van der Waals surface area contributed by atoms with E-state index in [0.29, 0.717) is 31.3 Å². The molecule has 0 spiro atoms. The summed E-state index contributed by atoms with van der Waals surface area (Å²) in [5.74, 6) is 0.725. The third kappa shape index (κ3) is 5.45. The van der Waals surface area contributed by atoms with Gasteiger partial charge in [-0.15, -0.1) is 0 Å². The van der Waals surface area contributed by atoms with E-state index in [9.17, 15) is 4.79 Å². The van der Waals surface area contributed by atoms with Gasteiger partial charge >= 0.3 is 0 Å². The van der Waals surface area contributed by atoms with E-state index >= 15 is 0 Å². The van der Waals surface area contributed by atoms with E-state index in [2.05, 4.69) is 17.1 Å². The second-order valence-corrected chi connectivity index (χ2v) is 8.67. The second-order valence-electron chi connectivity index (χ2n) is 8.67. The Morgan fingerprint density at radius 2 is 1.70 bits per heavy atom. The number of ether oxygens (including phenoxy) is 1. The van der Waals surface area contributed by atoms with Crippen LogP contribution in [0.4, 0.5) is 5.88 Å². The van der Waals surface area contributed by atoms with Crippen LogP contribution < -0.4 is 4.90 Å². The van der Waals surface area contributed by atoms with Crippen LogP contribution in [-0.4, -0.2) is 49.3 Å². The minimum atomic E-state index is -0.0286. The van der Waals surface area contributed by atoms with Crippen LogP contribution in [0.15, 0.2) is 65.2 Å². The number of carbonyl (C=O) groups excluding carboxylic acids is 1. The van der Waals surface area contributed by atoms with Crippen molar-refractivity contribution in [2.45, 2.75) is 44.7 Å². The SMILES string of the molecule is COCCN(Cc1c(-c2ccccc2)noc1N(C)C1CCCCC1)C(=O)c1ccccc1. The van der Waals surface area contributed by atoms with Gasteiger partial charge in [0.25, 0.3) is 5.91 Å². The number of hydrogen-bond donors (Lipinski definition) is 0. The van der Waals surface area contributed by atoms with Gasteiger partial charge in [0.2, 0.25) is 5.88 Å². The highest BCUT2D eigenvalue weighted by atomic mass is 16.5. The molecule has 0 bridgehead atoms. The summed E-state index contributed by atoms with van der Waals surface area (Å²) in [4.78, 5) is 17.5. The fourth-order valence-corrected chi connectivity index (χ4v) is 4.59. The van der Waals surface area contributed by atoms with Crippen molar-refractivity contribution in [1.29, 1.82) is 0 Å². The number of methoxy groups -OCH3 is 1. The van der Waals surface area contributed by atoms with Crippen molar-refractivity contribution in [3.05, 3.63) is 71.8 Å². The first-order chi connectivity index (χ1) is 16.2. The van der Waals surface area contributed by atoms with Crippen LogP contribution in [0.1, 0.15) is 48.0 Å². The van der Waals surface area contributed by atoms with E-state index in [1.54, 1.807) is 7.11 Å². The third-order valence-corrected chi connectivity index (χ3v) is 6.48. The summed E-state index contributed by atoms with van der Waals surface area (Å²) in [7, 11) is 3.75. The van der Waals surface area contributed by atoms with Crippen molar-refractivity contribution in [3.63, 3.8) is 0 Å². The van der Waals surface area contributed by atoms with E-state index in [1.807, 2.05) is 65.6 Å². The van der Waals surface area contributed by atoms with Crippen LogP contribution in [0.5, 0.6) is 0 Å². The average Bonchev–Trinajstić information content (AvgIpc) is 3.30. The van der Waals surface area contributed by atoms with Crippen molar-refractivity contribution in [3.8, 4) is 11.3 Å². The molecule has 0 N–H and O–H groups in total. The molecule has 174 valence electrons. The number of amides is 1. The molecule has 0 radical (unpaired) electrons. The quantitative estimate of drug-likeness (QED) is 0.440. The van der Waals surface area contributed by atoms with Crippen molar-refractivity contribution in [2.75, 3.05) is 32.2 Å². The molecule has 1 amide bonds. The number of anilines is 1. The zero-order valence-corrected chi connectivity index (χ0v) is 19.6. The molecule has 6 heteroatoms. The van der Waals surface area contributed by atoms with Crippen molar-refractivity contribution in [2.24, 2.45) is 0 Å². The summed E-state index contributed by atoms with van der Waals surface area (Å²) in [6, 6.07) is 19.9. The Hall–Kier alpha value is -3.12. The molecule has 0 atom stereocenters. The lowest BCUT2D eigenvalue weighted by Crippen LogP contribution is -2.36. The van der Waals surface area contributed by atoms with Crippen LogP contribution in [0.2, 0.25) is 0 Å². The molecule has 1 aliphatic carbocycles. The molecule has 0 aliphatic heterocycles. The minimum Gasteiger partial charge on any atom is -0.383 e. The highest BCUT2D eigenvalue weighted by molar-refractivity contribution is 5.94. The number of aromatic nitrogens is 1. The first-order valence-corrected chi connectivity index (χ1v) is 11.8. The van der Waals surface area contributed by atoms with Gasteiger partial charge in [-0.1, -0.05) is 73.0 Å². The van der Waals surface area contributed by atoms with Crippen LogP contribution in [0.3, 0.4) is 0 Å². The van der Waals surface area contributed by atoms with Gasteiger partial charge in [0.05, 0.1) is 18.7 Å². The molecule has 1 aliphatic rings. The molecule has 2 aromatic carbocycles. The van der Waals surface area contributed by atoms with E-state index in [4.69, 9.17) is 9.26 Å². The first-order valence-electron chi connectivity index (χ1n) is 11.8. The maximum Gasteiger partial charge on any atom is 0.254 e. The van der Waals surface area contributed by atoms with Gasteiger partial charge in [0.1, 0.15) is 5.69 Å². The number of benzene rings is 2. The van der Waals surface area contributed by atoms with Crippen LogP contribution >= 0.6 is 0 Å². The lowest BCUT2D eigenvalue weighted by molar-refractivity contribution is 0.0680. The molecule has 6 nitrogen and oxygen atoms in total. The summed E-state index contributed by atoms with van der Waals surface area (Å²) >= 11 is 0. The zero-order chi connectivity index (χ0) is 23.0. The predicted molar refractivity (Wildman–Crippen MR) is 130 cm³/mol. The Morgan fingerprint density at radius 1 is 1.03 bits per heavy atom. The highest BCUT2D eigenvalue weighted by Gasteiger charge is 2.29. The summed E-state index contributed by atoms with van der Waals surface area (Å²) in [6.07, 6.45) is 6.05. The Bertz CT molecular complexity index is 1010. The molecule has 1 aromatic heterocycles. The fraction of sp³-hybridized carbons (Fsp3) is 0.407. The minimum absolute atomic E-state index is 0.0286. The number of nitrogens with zero attached hydrogens (tertiary/aromatic N) is 3. The van der Waals surface area contributed by atoms with Gasteiger partial charge < -0.3 is 19.1 Å². The molecular weight excluding hydrogens is 414 g/mol. The summed E-state index contributed by atoms with van der Waals surface area (Å²) in [6.45, 7) is 1.34.